The molecule has 4 N–H and O–H groups in total. The summed E-state index contributed by atoms with van der Waals surface area (Å²) in [5.41, 5.74) is 7.41. The number of nitrogens with two attached hydrogens (primary N) is 1. The molecule has 2 aromatic rings. The third kappa shape index (κ3) is 5.80. The Kier molecular flexibility index (Phi) is 6.83. The van der Waals surface area contributed by atoms with Gasteiger partial charge in [-0.3, -0.25) is 0 Å². The van der Waals surface area contributed by atoms with Crippen LogP contribution in [0.3, 0.4) is 0 Å². The fraction of sp³-hybridized carbons (Fsp3) is 0.444. The Morgan fingerprint density at radius 3 is 2.93 bits per heavy atom. The summed E-state index contributed by atoms with van der Waals surface area (Å²) >= 11 is 0. The van der Waals surface area contributed by atoms with Gasteiger partial charge in [-0.1, -0.05) is 12.1 Å². The van der Waals surface area contributed by atoms with Gasteiger partial charge in [-0.15, -0.1) is 0 Å². The third-order valence-corrected chi connectivity index (χ3v) is 5.20. The van der Waals surface area contributed by atoms with E-state index in [0.717, 1.165) is 50.3 Å². The van der Waals surface area contributed by atoms with E-state index in [1.165, 1.54) is 0 Å². The maximum Gasteiger partial charge on any atom is 0.229 e. The number of anilines is 4. The van der Waals surface area contributed by atoms with Gasteiger partial charge in [0.05, 0.1) is 11.4 Å². The minimum absolute atomic E-state index is 0.509. The predicted molar refractivity (Wildman–Crippen MR) is 109 cm³/mol. The highest BCUT2D eigenvalue weighted by molar-refractivity contribution is 7.70. The van der Waals surface area contributed by atoms with Gasteiger partial charge in [0.1, 0.15) is 5.82 Å². The molecule has 0 spiro atoms. The van der Waals surface area contributed by atoms with Crippen molar-refractivity contribution < 1.29 is 8.42 Å². The molecular weight excluding hydrogens is 364 g/mol. The number of rotatable bonds is 8. The molecule has 1 fully saturated rings. The molecule has 1 unspecified atom stereocenters. The van der Waals surface area contributed by atoms with Crippen LogP contribution in [-0.4, -0.2) is 38.0 Å². The van der Waals surface area contributed by atoms with Gasteiger partial charge in [-0.05, 0) is 49.8 Å². The van der Waals surface area contributed by atoms with Crippen LogP contribution in [0.5, 0.6) is 0 Å². The van der Waals surface area contributed by atoms with E-state index in [4.69, 9.17) is 5.73 Å². The van der Waals surface area contributed by atoms with E-state index in [9.17, 15) is 8.42 Å². The van der Waals surface area contributed by atoms with E-state index in [1.54, 1.807) is 6.20 Å². The van der Waals surface area contributed by atoms with Crippen molar-refractivity contribution in [1.29, 1.82) is 0 Å². The zero-order valence-corrected chi connectivity index (χ0v) is 16.1. The van der Waals surface area contributed by atoms with E-state index in [1.807, 2.05) is 30.3 Å². The molecule has 1 aliphatic heterocycles. The molecule has 27 heavy (non-hydrogen) atoms. The summed E-state index contributed by atoms with van der Waals surface area (Å²) in [6.45, 7) is 2.40. The molecule has 0 amide bonds. The first kappa shape index (κ1) is 19.4. The summed E-state index contributed by atoms with van der Waals surface area (Å²) < 4.78 is 23.6. The molecule has 0 saturated carbocycles. The highest BCUT2D eigenvalue weighted by Crippen LogP contribution is 2.26. The van der Waals surface area contributed by atoms with Crippen molar-refractivity contribution in [3.8, 4) is 0 Å². The number of para-hydroxylation sites is 2. The highest BCUT2D eigenvalue weighted by Gasteiger charge is 2.21. The first-order valence-corrected chi connectivity index (χ1v) is 10.4. The summed E-state index contributed by atoms with van der Waals surface area (Å²) in [5, 5.41) is 3.18. The van der Waals surface area contributed by atoms with Gasteiger partial charge in [-0.2, -0.15) is 4.98 Å². The Morgan fingerprint density at radius 2 is 2.11 bits per heavy atom. The van der Waals surface area contributed by atoms with Crippen molar-refractivity contribution in [3.63, 3.8) is 0 Å². The number of nitrogens with one attached hydrogen (secondary N) is 2. The topological polar surface area (TPSA) is 113 Å². The Labute approximate surface area is 161 Å². The molecule has 146 valence electrons. The van der Waals surface area contributed by atoms with Crippen molar-refractivity contribution >= 4 is 34.0 Å². The van der Waals surface area contributed by atoms with Crippen LogP contribution >= 0.6 is 0 Å². The zero-order valence-electron chi connectivity index (χ0n) is 15.2. The molecule has 1 aromatic carbocycles. The van der Waals surface area contributed by atoms with E-state index in [-0.39, 0.29) is 0 Å². The van der Waals surface area contributed by atoms with Gasteiger partial charge in [0, 0.05) is 25.8 Å². The van der Waals surface area contributed by atoms with Gasteiger partial charge < -0.3 is 16.0 Å². The Bertz CT molecular complexity index is 821. The Hall–Kier alpha value is -2.39. The molecule has 0 bridgehead atoms. The lowest BCUT2D eigenvalue weighted by molar-refractivity contribution is 0.381. The molecule has 9 heteroatoms. The monoisotopic (exact) mass is 390 g/mol. The van der Waals surface area contributed by atoms with Crippen molar-refractivity contribution in [2.24, 2.45) is 5.92 Å². The van der Waals surface area contributed by atoms with E-state index >= 15 is 0 Å². The smallest absolute Gasteiger partial charge is 0.229 e. The molecule has 0 radical (unpaired) electrons. The molecule has 3 rings (SSSR count). The molecule has 1 saturated heterocycles. The predicted octanol–water partition coefficient (Wildman–Crippen LogP) is 1.91. The lowest BCUT2D eigenvalue weighted by atomic mass is 9.93. The fourth-order valence-corrected chi connectivity index (χ4v) is 3.73. The number of aromatic nitrogens is 2. The first-order valence-electron chi connectivity index (χ1n) is 9.19. The minimum atomic E-state index is -2.50. The second kappa shape index (κ2) is 9.52. The minimum Gasteiger partial charge on any atom is -0.397 e. The van der Waals surface area contributed by atoms with Gasteiger partial charge in [0.25, 0.3) is 0 Å². The number of benzene rings is 1. The SMILES string of the molecule is Nc1ccccc1Nc1nccc(N2CCCC(CCCN[SH](=O)=O)C2)n1. The quantitative estimate of drug-likeness (QED) is 0.309. The van der Waals surface area contributed by atoms with E-state index in [0.29, 0.717) is 24.1 Å². The highest BCUT2D eigenvalue weighted by atomic mass is 32.2. The summed E-state index contributed by atoms with van der Waals surface area (Å²) in [6, 6.07) is 9.45. The molecule has 8 nitrogen and oxygen atoms in total. The molecule has 1 aliphatic rings. The average Bonchev–Trinajstić information content (AvgIpc) is 2.67. The standard InChI is InChI=1S/C18H26N6O2S/c19-15-7-1-2-8-16(15)22-18-20-11-9-17(23-18)24-12-4-6-14(13-24)5-3-10-21-27(25)26/h1-2,7-9,11,14,27H,3-6,10,12-13,19H2,(H,20,22,23)(H,21,25,26). The summed E-state index contributed by atoms with van der Waals surface area (Å²) in [7, 11) is -2.50. The fourth-order valence-electron chi connectivity index (χ4n) is 3.39. The molecular formula is C18H26N6O2S. The number of thiol groups is 1. The normalized spacial score (nSPS) is 17.2. The number of nitrogens with zero attached hydrogens (tertiary/aromatic N) is 3. The Balaban J connectivity index is 1.59. The average molecular weight is 391 g/mol. The van der Waals surface area contributed by atoms with Crippen LogP contribution < -0.4 is 20.7 Å². The van der Waals surface area contributed by atoms with Crippen molar-refractivity contribution in [1.82, 2.24) is 14.7 Å². The van der Waals surface area contributed by atoms with Crippen LogP contribution in [0.4, 0.5) is 23.1 Å². The van der Waals surface area contributed by atoms with Crippen LogP contribution in [0.15, 0.2) is 36.5 Å². The molecule has 1 aromatic heterocycles. The van der Waals surface area contributed by atoms with Crippen molar-refractivity contribution in [3.05, 3.63) is 36.5 Å². The zero-order chi connectivity index (χ0) is 19.1. The summed E-state index contributed by atoms with van der Waals surface area (Å²) in [6.07, 6.45) is 5.88. The molecule has 0 aliphatic carbocycles. The number of hydrogen-bond acceptors (Lipinski definition) is 7. The van der Waals surface area contributed by atoms with Gasteiger partial charge >= 0.3 is 0 Å². The number of nitrogen functional groups attached to an aromatic ring is 1. The molecule has 2 heterocycles. The van der Waals surface area contributed by atoms with Crippen LogP contribution in [-0.2, 0) is 10.9 Å². The van der Waals surface area contributed by atoms with E-state index in [2.05, 4.69) is 24.9 Å². The first-order chi connectivity index (χ1) is 13.1. The number of hydrogen-bond donors (Lipinski definition) is 4. The second-order valence-electron chi connectivity index (χ2n) is 6.71. The lowest BCUT2D eigenvalue weighted by Gasteiger charge is -2.33. The summed E-state index contributed by atoms with van der Waals surface area (Å²) in [4.78, 5) is 11.2. The Morgan fingerprint density at radius 1 is 1.26 bits per heavy atom. The van der Waals surface area contributed by atoms with Crippen molar-refractivity contribution in [2.75, 3.05) is 35.6 Å². The summed E-state index contributed by atoms with van der Waals surface area (Å²) in [5.74, 6) is 1.96. The largest absolute Gasteiger partial charge is 0.397 e. The van der Waals surface area contributed by atoms with Crippen LogP contribution in [0.1, 0.15) is 25.7 Å². The van der Waals surface area contributed by atoms with Crippen LogP contribution in [0.2, 0.25) is 0 Å². The molecule has 1 atom stereocenters. The third-order valence-electron chi connectivity index (χ3n) is 4.72. The van der Waals surface area contributed by atoms with Crippen LogP contribution in [0, 0.1) is 5.92 Å². The van der Waals surface area contributed by atoms with Gasteiger partial charge in [0.2, 0.25) is 16.8 Å². The second-order valence-corrected chi connectivity index (χ2v) is 7.54. The van der Waals surface area contributed by atoms with Crippen LogP contribution in [0.25, 0.3) is 0 Å². The maximum absolute atomic E-state index is 10.6. The van der Waals surface area contributed by atoms with E-state index < -0.39 is 10.9 Å². The lowest BCUT2D eigenvalue weighted by Crippen LogP contribution is -2.36. The van der Waals surface area contributed by atoms with Gasteiger partial charge in [-0.25, -0.2) is 18.1 Å². The maximum atomic E-state index is 10.6. The van der Waals surface area contributed by atoms with Crippen molar-refractivity contribution in [2.45, 2.75) is 25.7 Å². The number of piperidine rings is 1. The van der Waals surface area contributed by atoms with Gasteiger partial charge in [0.15, 0.2) is 0 Å².